The second-order valence-corrected chi connectivity index (χ2v) is 9.64. The van der Waals surface area contributed by atoms with Gasteiger partial charge in [0.2, 0.25) is 0 Å². The van der Waals surface area contributed by atoms with Crippen LogP contribution < -0.4 is 4.74 Å². The third-order valence-electron chi connectivity index (χ3n) is 6.56. The molecule has 3 aromatic heterocycles. The van der Waals surface area contributed by atoms with E-state index in [-0.39, 0.29) is 18.9 Å². The second-order valence-electron chi connectivity index (χ2n) is 9.20. The van der Waals surface area contributed by atoms with Crippen molar-refractivity contribution in [1.29, 1.82) is 0 Å². The summed E-state index contributed by atoms with van der Waals surface area (Å²) in [7, 11) is 1.58. The van der Waals surface area contributed by atoms with Gasteiger partial charge in [0.25, 0.3) is 5.91 Å². The molecular weight excluding hydrogens is 514 g/mol. The summed E-state index contributed by atoms with van der Waals surface area (Å²) in [5, 5.41) is 1.30. The van der Waals surface area contributed by atoms with E-state index in [1.54, 1.807) is 60.5 Å². The van der Waals surface area contributed by atoms with Crippen molar-refractivity contribution in [3.63, 3.8) is 0 Å². The summed E-state index contributed by atoms with van der Waals surface area (Å²) in [6.07, 6.45) is 3.41. The number of esters is 1. The van der Waals surface area contributed by atoms with Crippen LogP contribution in [0.15, 0.2) is 79.1 Å². The number of nitrogens with zero attached hydrogens (tertiary/aromatic N) is 3. The first-order valence-corrected chi connectivity index (χ1v) is 12.7. The quantitative estimate of drug-likeness (QED) is 0.224. The predicted octanol–water partition coefficient (Wildman–Crippen LogP) is 6.35. The fourth-order valence-electron chi connectivity index (χ4n) is 4.54. The molecule has 0 N–H and O–H groups in total. The molecule has 3 heterocycles. The van der Waals surface area contributed by atoms with Crippen LogP contribution in [0.5, 0.6) is 5.75 Å². The number of aryl methyl sites for hydroxylation is 1. The Morgan fingerprint density at radius 3 is 2.33 bits per heavy atom. The lowest BCUT2D eigenvalue weighted by atomic mass is 10.1. The topological polar surface area (TPSA) is 83.3 Å². The van der Waals surface area contributed by atoms with Crippen LogP contribution in [0, 0.1) is 13.8 Å². The van der Waals surface area contributed by atoms with Crippen molar-refractivity contribution in [3.8, 4) is 17.1 Å². The number of fused-ring (bicyclic) bond motifs is 1. The van der Waals surface area contributed by atoms with Crippen molar-refractivity contribution in [2.24, 2.45) is 0 Å². The van der Waals surface area contributed by atoms with E-state index in [1.165, 1.54) is 0 Å². The van der Waals surface area contributed by atoms with Gasteiger partial charge in [0.15, 0.2) is 0 Å². The maximum absolute atomic E-state index is 13.5. The number of benzene rings is 2. The highest BCUT2D eigenvalue weighted by molar-refractivity contribution is 6.30. The molecule has 0 saturated heterocycles. The molecule has 0 unspecified atom stereocenters. The van der Waals surface area contributed by atoms with Gasteiger partial charge in [-0.25, -0.2) is 0 Å². The molecule has 0 amide bonds. The van der Waals surface area contributed by atoms with E-state index in [9.17, 15) is 9.59 Å². The number of hydrogen-bond donors (Lipinski definition) is 0. The van der Waals surface area contributed by atoms with Crippen molar-refractivity contribution >= 4 is 34.4 Å². The molecule has 0 atom stereocenters. The number of ether oxygens (including phenoxy) is 2. The molecule has 39 heavy (non-hydrogen) atoms. The number of carbonyl (C=O) groups excluding carboxylic acids is 2. The first-order valence-electron chi connectivity index (χ1n) is 12.4. The number of hydrogen-bond acceptors (Lipinski definition) is 6. The molecule has 0 aliphatic carbocycles. The molecule has 7 nitrogen and oxygen atoms in total. The van der Waals surface area contributed by atoms with Crippen LogP contribution in [0.4, 0.5) is 0 Å². The minimum absolute atomic E-state index is 0.00618. The lowest BCUT2D eigenvalue weighted by molar-refractivity contribution is -0.144. The molecule has 0 saturated carbocycles. The van der Waals surface area contributed by atoms with Gasteiger partial charge in [-0.3, -0.25) is 24.1 Å². The molecule has 0 fully saturated rings. The zero-order valence-electron chi connectivity index (χ0n) is 21.8. The molecule has 5 rings (SSSR count). The lowest BCUT2D eigenvalue weighted by Gasteiger charge is -2.09. The van der Waals surface area contributed by atoms with Gasteiger partial charge in [0.1, 0.15) is 12.4 Å². The number of pyridine rings is 2. The van der Waals surface area contributed by atoms with Crippen molar-refractivity contribution in [1.82, 2.24) is 14.5 Å². The first kappa shape index (κ1) is 26.1. The van der Waals surface area contributed by atoms with Gasteiger partial charge in [0.05, 0.1) is 30.4 Å². The van der Waals surface area contributed by atoms with Crippen LogP contribution >= 0.6 is 11.6 Å². The van der Waals surface area contributed by atoms with Crippen LogP contribution in [-0.4, -0.2) is 33.5 Å². The summed E-state index contributed by atoms with van der Waals surface area (Å²) < 4.78 is 12.7. The number of carbonyl (C=O) groups is 2. The smallest absolute Gasteiger partial charge is 0.310 e. The molecule has 0 spiro atoms. The molecule has 196 valence electrons. The average Bonchev–Trinajstić information content (AvgIpc) is 3.22. The molecular formula is C31H26ClN3O4. The number of rotatable bonds is 7. The van der Waals surface area contributed by atoms with Gasteiger partial charge >= 0.3 is 5.97 Å². The van der Waals surface area contributed by atoms with Crippen LogP contribution in [0.1, 0.15) is 32.7 Å². The van der Waals surface area contributed by atoms with E-state index in [2.05, 4.69) is 9.97 Å². The summed E-state index contributed by atoms with van der Waals surface area (Å²) in [4.78, 5) is 35.3. The van der Waals surface area contributed by atoms with Gasteiger partial charge in [-0.05, 0) is 97.3 Å². The second kappa shape index (κ2) is 11.1. The van der Waals surface area contributed by atoms with E-state index in [4.69, 9.17) is 21.1 Å². The van der Waals surface area contributed by atoms with Crippen LogP contribution in [0.25, 0.3) is 22.3 Å². The van der Waals surface area contributed by atoms with Crippen molar-refractivity contribution in [3.05, 3.63) is 112 Å². The van der Waals surface area contributed by atoms with Gasteiger partial charge in [-0.15, -0.1) is 0 Å². The van der Waals surface area contributed by atoms with Gasteiger partial charge in [-0.2, -0.15) is 0 Å². The third kappa shape index (κ3) is 5.54. The van der Waals surface area contributed by atoms with E-state index in [0.29, 0.717) is 38.8 Å². The molecule has 0 aliphatic rings. The highest BCUT2D eigenvalue weighted by Gasteiger charge is 2.22. The standard InChI is InChI=1S/C31H26ClN3O4/c1-19-10-12-33-27(14-19)28-15-21(11-13-34-28)18-39-30(36)17-25-20(2)35(29-9-8-24(38-3)16-26(25)29)31(37)22-4-6-23(32)7-5-22/h4-16H,17-18H2,1-3H3. The number of aromatic nitrogens is 3. The Kier molecular flexibility index (Phi) is 7.43. The molecule has 0 aliphatic heterocycles. The summed E-state index contributed by atoms with van der Waals surface area (Å²) in [5.41, 5.74) is 5.88. The minimum Gasteiger partial charge on any atom is -0.497 e. The van der Waals surface area contributed by atoms with Gasteiger partial charge in [0, 0.05) is 34.1 Å². The predicted molar refractivity (Wildman–Crippen MR) is 150 cm³/mol. The van der Waals surface area contributed by atoms with Crippen LogP contribution in [0.3, 0.4) is 0 Å². The maximum atomic E-state index is 13.5. The van der Waals surface area contributed by atoms with Crippen molar-refractivity contribution in [2.45, 2.75) is 26.9 Å². The van der Waals surface area contributed by atoms with E-state index < -0.39 is 5.97 Å². The molecule has 8 heteroatoms. The monoisotopic (exact) mass is 539 g/mol. The largest absolute Gasteiger partial charge is 0.497 e. The number of methoxy groups -OCH3 is 1. The van der Waals surface area contributed by atoms with E-state index >= 15 is 0 Å². The SMILES string of the molecule is COc1ccc2c(c1)c(CC(=O)OCc1ccnc(-c3cc(C)ccn3)c1)c(C)n2C(=O)c1ccc(Cl)cc1. The molecule has 5 aromatic rings. The molecule has 0 radical (unpaired) electrons. The van der Waals surface area contributed by atoms with Crippen LogP contribution in [-0.2, 0) is 22.6 Å². The molecule has 2 aromatic carbocycles. The summed E-state index contributed by atoms with van der Waals surface area (Å²) in [6, 6.07) is 19.7. The minimum atomic E-state index is -0.411. The van der Waals surface area contributed by atoms with Crippen LogP contribution in [0.2, 0.25) is 5.02 Å². The Bertz CT molecular complexity index is 1690. The third-order valence-corrected chi connectivity index (χ3v) is 6.81. The fraction of sp³-hybridized carbons (Fsp3) is 0.161. The van der Waals surface area contributed by atoms with E-state index in [1.807, 2.05) is 44.2 Å². The summed E-state index contributed by atoms with van der Waals surface area (Å²) in [5.74, 6) is 0.00117. The Balaban J connectivity index is 1.40. The Morgan fingerprint density at radius 1 is 0.897 bits per heavy atom. The van der Waals surface area contributed by atoms with Crippen molar-refractivity contribution in [2.75, 3.05) is 7.11 Å². The van der Waals surface area contributed by atoms with Crippen molar-refractivity contribution < 1.29 is 19.1 Å². The summed E-state index contributed by atoms with van der Waals surface area (Å²) in [6.45, 7) is 3.91. The Hall–Kier alpha value is -4.49. The van der Waals surface area contributed by atoms with Gasteiger partial charge in [-0.1, -0.05) is 11.6 Å². The first-order chi connectivity index (χ1) is 18.8. The average molecular weight is 540 g/mol. The summed E-state index contributed by atoms with van der Waals surface area (Å²) >= 11 is 6.01. The molecule has 0 bridgehead atoms. The highest BCUT2D eigenvalue weighted by atomic mass is 35.5. The lowest BCUT2D eigenvalue weighted by Crippen LogP contribution is -2.14. The maximum Gasteiger partial charge on any atom is 0.310 e. The fourth-order valence-corrected chi connectivity index (χ4v) is 4.66. The zero-order chi connectivity index (χ0) is 27.5. The Labute approximate surface area is 231 Å². The zero-order valence-corrected chi connectivity index (χ0v) is 22.5. The normalized spacial score (nSPS) is 11.0. The highest BCUT2D eigenvalue weighted by Crippen LogP contribution is 2.31. The Morgan fingerprint density at radius 2 is 1.62 bits per heavy atom. The number of halogens is 1. The van der Waals surface area contributed by atoms with Gasteiger partial charge < -0.3 is 9.47 Å². The van der Waals surface area contributed by atoms with E-state index in [0.717, 1.165) is 22.2 Å².